The molecule has 4 aliphatic carbocycles. The average molecular weight is 346 g/mol. The van der Waals surface area contributed by atoms with Gasteiger partial charge in [-0.2, -0.15) is 0 Å². The van der Waals surface area contributed by atoms with Crippen molar-refractivity contribution in [2.24, 2.45) is 34.0 Å². The lowest BCUT2D eigenvalue weighted by Crippen LogP contribution is -2.77. The van der Waals surface area contributed by atoms with E-state index in [1.54, 1.807) is 0 Å². The molecule has 0 aromatic carbocycles. The number of carbonyl (C=O) groups is 2. The highest BCUT2D eigenvalue weighted by Gasteiger charge is 2.78. The van der Waals surface area contributed by atoms with E-state index in [0.29, 0.717) is 24.8 Å². The molecule has 136 valence electrons. The number of aliphatic hydroxyl groups is 2. The van der Waals surface area contributed by atoms with Gasteiger partial charge in [-0.15, -0.1) is 0 Å². The molecule has 0 radical (unpaired) electrons. The Kier molecular flexibility index (Phi) is 2.87. The zero-order valence-electron chi connectivity index (χ0n) is 14.8. The molecule has 0 unspecified atom stereocenters. The Bertz CT molecular complexity index is 711. The van der Waals surface area contributed by atoms with Crippen molar-refractivity contribution < 1.29 is 24.5 Å². The van der Waals surface area contributed by atoms with Gasteiger partial charge >= 0.3 is 0 Å². The van der Waals surface area contributed by atoms with Gasteiger partial charge < -0.3 is 14.9 Å². The van der Waals surface area contributed by atoms with E-state index in [0.717, 1.165) is 6.42 Å². The van der Waals surface area contributed by atoms with Crippen LogP contribution in [0.25, 0.3) is 0 Å². The van der Waals surface area contributed by atoms with Crippen LogP contribution in [0.3, 0.4) is 0 Å². The number of hydrogen-bond donors (Lipinski definition) is 2. The van der Waals surface area contributed by atoms with E-state index in [9.17, 15) is 19.8 Å². The highest BCUT2D eigenvalue weighted by atomic mass is 16.5. The zero-order valence-corrected chi connectivity index (χ0v) is 14.8. The quantitative estimate of drug-likeness (QED) is 0.645. The van der Waals surface area contributed by atoms with E-state index < -0.39 is 34.4 Å². The third kappa shape index (κ3) is 1.47. The van der Waals surface area contributed by atoms with Crippen molar-refractivity contribution >= 4 is 11.6 Å². The molecule has 4 bridgehead atoms. The molecule has 2 heterocycles. The summed E-state index contributed by atoms with van der Waals surface area (Å²) in [5, 5.41) is 22.1. The van der Waals surface area contributed by atoms with Crippen LogP contribution in [-0.2, 0) is 14.3 Å². The van der Waals surface area contributed by atoms with E-state index in [4.69, 9.17) is 4.74 Å². The van der Waals surface area contributed by atoms with Crippen LogP contribution < -0.4 is 0 Å². The molecule has 6 aliphatic rings. The van der Waals surface area contributed by atoms with Crippen LogP contribution in [0.1, 0.15) is 39.5 Å². The monoisotopic (exact) mass is 346 g/mol. The summed E-state index contributed by atoms with van der Waals surface area (Å²) in [6, 6.07) is 0. The van der Waals surface area contributed by atoms with Crippen molar-refractivity contribution in [2.45, 2.75) is 57.8 Å². The number of carbonyl (C=O) groups excluding carboxylic acids is 2. The molecular weight excluding hydrogens is 320 g/mol. The van der Waals surface area contributed by atoms with Crippen molar-refractivity contribution in [1.29, 1.82) is 0 Å². The number of fused-ring (bicyclic) bond motifs is 3. The topological polar surface area (TPSA) is 83.8 Å². The molecule has 2 spiro atoms. The van der Waals surface area contributed by atoms with Crippen molar-refractivity contribution in [3.8, 4) is 0 Å². The highest BCUT2D eigenvalue weighted by molar-refractivity contribution is 5.98. The first-order chi connectivity index (χ1) is 11.7. The van der Waals surface area contributed by atoms with E-state index >= 15 is 0 Å². The predicted octanol–water partition coefficient (Wildman–Crippen LogP) is 1.26. The normalized spacial score (nSPS) is 55.9. The Labute approximate surface area is 147 Å². The van der Waals surface area contributed by atoms with Crippen LogP contribution in [0.15, 0.2) is 12.2 Å². The van der Waals surface area contributed by atoms with Crippen LogP contribution in [0, 0.1) is 34.0 Å². The maximum Gasteiger partial charge on any atom is 0.170 e. The number of rotatable bonds is 0. The Morgan fingerprint density at radius 2 is 1.88 bits per heavy atom. The second-order valence-corrected chi connectivity index (χ2v) is 9.62. The molecule has 5 nitrogen and oxygen atoms in total. The summed E-state index contributed by atoms with van der Waals surface area (Å²) in [5.41, 5.74) is -1.66. The van der Waals surface area contributed by atoms with Gasteiger partial charge in [-0.05, 0) is 42.1 Å². The minimum absolute atomic E-state index is 0.110. The first kappa shape index (κ1) is 16.2. The lowest BCUT2D eigenvalue weighted by molar-refractivity contribution is -0.274. The van der Waals surface area contributed by atoms with Gasteiger partial charge in [0.15, 0.2) is 5.78 Å². The summed E-state index contributed by atoms with van der Waals surface area (Å²) in [6.07, 6.45) is -0.0122. The largest absolute Gasteiger partial charge is 0.388 e. The van der Waals surface area contributed by atoms with Gasteiger partial charge in [-0.25, -0.2) is 0 Å². The molecule has 8 atom stereocenters. The van der Waals surface area contributed by atoms with E-state index in [1.807, 2.05) is 13.8 Å². The number of ether oxygens (including phenoxy) is 1. The molecular formula is C20H26O5. The number of hydrogen-bond acceptors (Lipinski definition) is 5. The Morgan fingerprint density at radius 1 is 1.16 bits per heavy atom. The van der Waals surface area contributed by atoms with Gasteiger partial charge in [0.2, 0.25) is 0 Å². The maximum absolute atomic E-state index is 13.4. The summed E-state index contributed by atoms with van der Waals surface area (Å²) in [4.78, 5) is 26.7. The van der Waals surface area contributed by atoms with Crippen LogP contribution in [-0.4, -0.2) is 46.7 Å². The second-order valence-electron chi connectivity index (χ2n) is 9.62. The molecule has 0 amide bonds. The fourth-order valence-corrected chi connectivity index (χ4v) is 7.54. The van der Waals surface area contributed by atoms with Crippen molar-refractivity contribution in [1.82, 2.24) is 0 Å². The van der Waals surface area contributed by atoms with Crippen LogP contribution in [0.4, 0.5) is 0 Å². The number of ketones is 2. The molecule has 2 aliphatic heterocycles. The molecule has 2 N–H and O–H groups in total. The van der Waals surface area contributed by atoms with Crippen LogP contribution in [0.5, 0.6) is 0 Å². The smallest absolute Gasteiger partial charge is 0.170 e. The first-order valence-electron chi connectivity index (χ1n) is 9.43. The van der Waals surface area contributed by atoms with Crippen molar-refractivity contribution in [2.75, 3.05) is 6.61 Å². The van der Waals surface area contributed by atoms with E-state index in [1.165, 1.54) is 0 Å². The molecule has 0 aromatic heterocycles. The van der Waals surface area contributed by atoms with E-state index in [2.05, 4.69) is 6.58 Å². The lowest BCUT2D eigenvalue weighted by Gasteiger charge is -2.68. The zero-order chi connectivity index (χ0) is 17.9. The van der Waals surface area contributed by atoms with Gasteiger partial charge in [-0.3, -0.25) is 9.59 Å². The third-order valence-corrected chi connectivity index (χ3v) is 8.64. The molecule has 5 heteroatoms. The predicted molar refractivity (Wildman–Crippen MR) is 88.5 cm³/mol. The molecule has 6 rings (SSSR count). The van der Waals surface area contributed by atoms with Gasteiger partial charge in [-0.1, -0.05) is 20.4 Å². The molecule has 4 saturated carbocycles. The fraction of sp³-hybridized carbons (Fsp3) is 0.800. The maximum atomic E-state index is 13.4. The minimum atomic E-state index is -1.22. The number of aliphatic hydroxyl groups excluding tert-OH is 2. The SMILES string of the molecule is C=C1[C@@H]2CC[C@@H]3[C@](C2)(C(=O)[C@@H](O)[C@@H]2C(C)(C)[C@H]4CC(=O)[C@@]32CO4)[C@@H]1O. The Morgan fingerprint density at radius 3 is 2.56 bits per heavy atom. The Hall–Kier alpha value is -1.04. The van der Waals surface area contributed by atoms with Crippen molar-refractivity contribution in [3.63, 3.8) is 0 Å². The van der Waals surface area contributed by atoms with Gasteiger partial charge in [0.05, 0.1) is 29.6 Å². The molecule has 6 fully saturated rings. The second kappa shape index (κ2) is 4.44. The van der Waals surface area contributed by atoms with Crippen LogP contribution >= 0.6 is 0 Å². The Balaban J connectivity index is 1.76. The van der Waals surface area contributed by atoms with Crippen LogP contribution in [0.2, 0.25) is 0 Å². The molecule has 25 heavy (non-hydrogen) atoms. The summed E-state index contributed by atoms with van der Waals surface area (Å²) < 4.78 is 6.07. The van der Waals surface area contributed by atoms with Gasteiger partial charge in [0.25, 0.3) is 0 Å². The summed E-state index contributed by atoms with van der Waals surface area (Å²) in [7, 11) is 0. The summed E-state index contributed by atoms with van der Waals surface area (Å²) in [6.45, 7) is 8.32. The van der Waals surface area contributed by atoms with E-state index in [-0.39, 0.29) is 36.1 Å². The average Bonchev–Trinajstić information content (AvgIpc) is 2.76. The highest BCUT2D eigenvalue weighted by Crippen LogP contribution is 2.71. The molecule has 0 aromatic rings. The third-order valence-electron chi connectivity index (χ3n) is 8.64. The molecule has 2 saturated heterocycles. The fourth-order valence-electron chi connectivity index (χ4n) is 7.54. The summed E-state index contributed by atoms with van der Waals surface area (Å²) in [5.74, 6) is -0.732. The van der Waals surface area contributed by atoms with Gasteiger partial charge in [0, 0.05) is 12.3 Å². The first-order valence-corrected chi connectivity index (χ1v) is 9.43. The number of Topliss-reactive ketones (excluding diaryl/α,β-unsaturated/α-hetero) is 2. The standard InChI is InChI=1S/C20H26O5/c1-9-10-4-5-11-19(7-10,16(9)23)17(24)14(22)15-18(2,3)13-6-12(21)20(11,15)8-25-13/h10-11,13-16,22-23H,1,4-8H2,2-3H3/t10-,11-,13-,14+,15-,16-,19+,20-/m1/s1. The van der Waals surface area contributed by atoms with Gasteiger partial charge in [0.1, 0.15) is 11.9 Å². The lowest BCUT2D eigenvalue weighted by atomic mass is 9.37. The summed E-state index contributed by atoms with van der Waals surface area (Å²) >= 11 is 0. The minimum Gasteiger partial charge on any atom is -0.388 e. The van der Waals surface area contributed by atoms with Crippen molar-refractivity contribution in [3.05, 3.63) is 12.2 Å².